The van der Waals surface area contributed by atoms with Gasteiger partial charge >= 0.3 is 5.97 Å². The van der Waals surface area contributed by atoms with Crippen LogP contribution in [0.1, 0.15) is 20.8 Å². The molecule has 2 unspecified atom stereocenters. The first-order valence-corrected chi connectivity index (χ1v) is 5.95. The fourth-order valence-electron chi connectivity index (χ4n) is 2.40. The van der Waals surface area contributed by atoms with Crippen molar-refractivity contribution in [1.82, 2.24) is 9.78 Å². The van der Waals surface area contributed by atoms with Gasteiger partial charge in [-0.1, -0.05) is 13.8 Å². The summed E-state index contributed by atoms with van der Waals surface area (Å²) in [6, 6.07) is 1.70. The van der Waals surface area contributed by atoms with Crippen LogP contribution in [0, 0.1) is 17.3 Å². The average molecular weight is 251 g/mol. The number of rotatable bonds is 4. The van der Waals surface area contributed by atoms with Crippen molar-refractivity contribution < 1.29 is 14.7 Å². The standard InChI is InChI=1S/C12H17N3O3/c1-4-15-6-5-7(14-15)13-10(16)8-9(11(17)18)12(8,2)3/h5-6,8-9H,4H2,1-3H3,(H,17,18)(H,13,14,16). The van der Waals surface area contributed by atoms with Gasteiger partial charge < -0.3 is 10.4 Å². The third-order valence-electron chi connectivity index (χ3n) is 3.59. The van der Waals surface area contributed by atoms with Crippen molar-refractivity contribution in [1.29, 1.82) is 0 Å². The lowest BCUT2D eigenvalue weighted by Crippen LogP contribution is -2.18. The van der Waals surface area contributed by atoms with Crippen molar-refractivity contribution in [2.75, 3.05) is 5.32 Å². The summed E-state index contributed by atoms with van der Waals surface area (Å²) >= 11 is 0. The molecule has 0 bridgehead atoms. The SMILES string of the molecule is CCn1ccc(NC(=O)C2C(C(=O)O)C2(C)C)n1. The van der Waals surface area contributed by atoms with Crippen LogP contribution in [0.3, 0.4) is 0 Å². The predicted molar refractivity (Wildman–Crippen MR) is 64.9 cm³/mol. The highest BCUT2D eigenvalue weighted by Crippen LogP contribution is 2.58. The van der Waals surface area contributed by atoms with Crippen molar-refractivity contribution >= 4 is 17.7 Å². The molecule has 1 aliphatic carbocycles. The molecule has 18 heavy (non-hydrogen) atoms. The second kappa shape index (κ2) is 4.12. The summed E-state index contributed by atoms with van der Waals surface area (Å²) in [6.07, 6.45) is 1.77. The summed E-state index contributed by atoms with van der Waals surface area (Å²) in [5.41, 5.74) is -0.483. The maximum Gasteiger partial charge on any atom is 0.307 e. The van der Waals surface area contributed by atoms with Gasteiger partial charge in [0.25, 0.3) is 0 Å². The summed E-state index contributed by atoms with van der Waals surface area (Å²) in [6.45, 7) is 6.26. The number of amides is 1. The van der Waals surface area contributed by atoms with Crippen molar-refractivity contribution in [2.45, 2.75) is 27.3 Å². The molecule has 2 N–H and O–H groups in total. The van der Waals surface area contributed by atoms with Crippen LogP contribution in [0.2, 0.25) is 0 Å². The van der Waals surface area contributed by atoms with E-state index < -0.39 is 23.2 Å². The van der Waals surface area contributed by atoms with E-state index in [2.05, 4.69) is 10.4 Å². The van der Waals surface area contributed by atoms with E-state index in [0.29, 0.717) is 5.82 Å². The highest BCUT2D eigenvalue weighted by molar-refractivity contribution is 5.99. The first-order valence-electron chi connectivity index (χ1n) is 5.95. The van der Waals surface area contributed by atoms with Gasteiger partial charge in [0, 0.05) is 18.8 Å². The zero-order valence-electron chi connectivity index (χ0n) is 10.7. The van der Waals surface area contributed by atoms with Gasteiger partial charge in [-0.2, -0.15) is 5.10 Å². The minimum absolute atomic E-state index is 0.270. The van der Waals surface area contributed by atoms with Crippen LogP contribution in [0.25, 0.3) is 0 Å². The Morgan fingerprint density at radius 3 is 2.61 bits per heavy atom. The maximum atomic E-state index is 12.0. The van der Waals surface area contributed by atoms with Crippen LogP contribution in [-0.2, 0) is 16.1 Å². The summed E-state index contributed by atoms with van der Waals surface area (Å²) < 4.78 is 1.70. The zero-order valence-corrected chi connectivity index (χ0v) is 10.7. The maximum absolute atomic E-state index is 12.0. The third kappa shape index (κ3) is 1.98. The molecule has 0 radical (unpaired) electrons. The number of nitrogens with one attached hydrogen (secondary N) is 1. The Morgan fingerprint density at radius 1 is 1.50 bits per heavy atom. The largest absolute Gasteiger partial charge is 0.481 e. The van der Waals surface area contributed by atoms with Crippen molar-refractivity contribution in [2.24, 2.45) is 17.3 Å². The van der Waals surface area contributed by atoms with Crippen LogP contribution >= 0.6 is 0 Å². The van der Waals surface area contributed by atoms with Crippen LogP contribution in [0.15, 0.2) is 12.3 Å². The quantitative estimate of drug-likeness (QED) is 0.842. The van der Waals surface area contributed by atoms with E-state index in [0.717, 1.165) is 6.54 Å². The van der Waals surface area contributed by atoms with E-state index in [9.17, 15) is 9.59 Å². The van der Waals surface area contributed by atoms with E-state index in [1.165, 1.54) is 0 Å². The number of carbonyl (C=O) groups excluding carboxylic acids is 1. The van der Waals surface area contributed by atoms with Gasteiger partial charge in [0.15, 0.2) is 5.82 Å². The van der Waals surface area contributed by atoms with Gasteiger partial charge in [-0.15, -0.1) is 0 Å². The van der Waals surface area contributed by atoms with Gasteiger partial charge in [0.2, 0.25) is 5.91 Å². The van der Waals surface area contributed by atoms with Crippen LogP contribution in [0.5, 0.6) is 0 Å². The van der Waals surface area contributed by atoms with E-state index in [-0.39, 0.29) is 5.91 Å². The smallest absolute Gasteiger partial charge is 0.307 e. The van der Waals surface area contributed by atoms with Crippen molar-refractivity contribution in [3.05, 3.63) is 12.3 Å². The molecule has 2 atom stereocenters. The molecule has 1 aromatic heterocycles. The van der Waals surface area contributed by atoms with E-state index in [4.69, 9.17) is 5.11 Å². The second-order valence-electron chi connectivity index (χ2n) is 5.16. The van der Waals surface area contributed by atoms with E-state index >= 15 is 0 Å². The number of aromatic nitrogens is 2. The molecule has 0 aliphatic heterocycles. The molecule has 2 rings (SSSR count). The van der Waals surface area contributed by atoms with E-state index in [1.54, 1.807) is 30.8 Å². The topological polar surface area (TPSA) is 84.2 Å². The molecule has 1 aromatic rings. The average Bonchev–Trinajstić information content (AvgIpc) is 2.67. The molecule has 1 amide bonds. The van der Waals surface area contributed by atoms with Crippen molar-refractivity contribution in [3.63, 3.8) is 0 Å². The van der Waals surface area contributed by atoms with Crippen LogP contribution < -0.4 is 5.32 Å². The first kappa shape index (κ1) is 12.6. The summed E-state index contributed by atoms with van der Waals surface area (Å²) in [7, 11) is 0. The van der Waals surface area contributed by atoms with Gasteiger partial charge in [-0.25, -0.2) is 0 Å². The lowest BCUT2D eigenvalue weighted by atomic mass is 10.1. The third-order valence-corrected chi connectivity index (χ3v) is 3.59. The number of carboxylic acid groups (broad SMARTS) is 1. The molecule has 0 aromatic carbocycles. The number of hydrogen-bond acceptors (Lipinski definition) is 3. The number of aliphatic carboxylic acids is 1. The fraction of sp³-hybridized carbons (Fsp3) is 0.583. The lowest BCUT2D eigenvalue weighted by Gasteiger charge is -2.02. The van der Waals surface area contributed by atoms with E-state index in [1.807, 2.05) is 6.92 Å². The number of hydrogen-bond donors (Lipinski definition) is 2. The Balaban J connectivity index is 2.03. The molecular weight excluding hydrogens is 234 g/mol. The number of carbonyl (C=O) groups is 2. The molecule has 0 saturated heterocycles. The minimum Gasteiger partial charge on any atom is -0.481 e. The summed E-state index contributed by atoms with van der Waals surface area (Å²) in [5, 5.41) is 15.8. The molecular formula is C12H17N3O3. The Hall–Kier alpha value is -1.85. The summed E-state index contributed by atoms with van der Waals surface area (Å²) in [5.74, 6) is -1.81. The van der Waals surface area contributed by atoms with Crippen molar-refractivity contribution in [3.8, 4) is 0 Å². The Kier molecular flexibility index (Phi) is 2.88. The highest BCUT2D eigenvalue weighted by Gasteiger charge is 2.65. The number of anilines is 1. The number of carboxylic acids is 1. The number of aryl methyl sites for hydroxylation is 1. The molecule has 0 spiro atoms. The highest BCUT2D eigenvalue weighted by atomic mass is 16.4. The van der Waals surface area contributed by atoms with Gasteiger partial charge in [-0.3, -0.25) is 14.3 Å². The van der Waals surface area contributed by atoms with Gasteiger partial charge in [0.1, 0.15) is 0 Å². The first-order chi connectivity index (χ1) is 8.37. The molecule has 98 valence electrons. The molecule has 1 fully saturated rings. The predicted octanol–water partition coefficient (Wildman–Crippen LogP) is 1.20. The minimum atomic E-state index is -0.917. The van der Waals surface area contributed by atoms with Crippen LogP contribution in [0.4, 0.5) is 5.82 Å². The second-order valence-corrected chi connectivity index (χ2v) is 5.16. The molecule has 1 heterocycles. The number of nitrogens with zero attached hydrogens (tertiary/aromatic N) is 2. The molecule has 6 heteroatoms. The fourth-order valence-corrected chi connectivity index (χ4v) is 2.40. The Morgan fingerprint density at radius 2 is 2.17 bits per heavy atom. The Labute approximate surface area is 105 Å². The normalized spacial score (nSPS) is 24.6. The summed E-state index contributed by atoms with van der Waals surface area (Å²) in [4.78, 5) is 23.0. The van der Waals surface area contributed by atoms with Crippen LogP contribution in [-0.4, -0.2) is 26.8 Å². The molecule has 1 saturated carbocycles. The monoisotopic (exact) mass is 251 g/mol. The molecule has 1 aliphatic rings. The Bertz CT molecular complexity index is 493. The molecule has 6 nitrogen and oxygen atoms in total. The van der Waals surface area contributed by atoms with Gasteiger partial charge in [0.05, 0.1) is 11.8 Å². The lowest BCUT2D eigenvalue weighted by molar-refractivity contribution is -0.140. The zero-order chi connectivity index (χ0) is 13.5. The van der Waals surface area contributed by atoms with Gasteiger partial charge in [-0.05, 0) is 12.3 Å².